The zero-order chi connectivity index (χ0) is 25.1. The molecule has 0 amide bonds. The van der Waals surface area contributed by atoms with Gasteiger partial charge in [0.25, 0.3) is 0 Å². The van der Waals surface area contributed by atoms with Crippen LogP contribution in [-0.4, -0.2) is 0 Å². The first-order chi connectivity index (χ1) is 21.4. The molecule has 24 aliphatic carbocycles. The van der Waals surface area contributed by atoms with Crippen LogP contribution in [0, 0.1) is 189 Å². The summed E-state index contributed by atoms with van der Waals surface area (Å²) in [5.41, 5.74) is 14.1. The molecule has 0 aromatic rings. The van der Waals surface area contributed by atoms with Crippen molar-refractivity contribution in [2.75, 3.05) is 0 Å². The van der Waals surface area contributed by atoms with Gasteiger partial charge in [0.15, 0.2) is 0 Å². The molecule has 24 fully saturated rings. The molecule has 0 nitrogen and oxygen atoms in total. The molecule has 212 valence electrons. The average Bonchev–Trinajstić information content (AvgIpc) is 3.30. The van der Waals surface area contributed by atoms with Gasteiger partial charge >= 0.3 is 0 Å². The lowest BCUT2D eigenvalue weighted by Gasteiger charge is -3.55. The summed E-state index contributed by atoms with van der Waals surface area (Å²) < 4.78 is 0. The maximum Gasteiger partial charge on any atom is -0.00105 e. The van der Waals surface area contributed by atoms with Crippen molar-refractivity contribution < 1.29 is 0 Å². The van der Waals surface area contributed by atoms with Crippen LogP contribution in [0.15, 0.2) is 0 Å². The quantitative estimate of drug-likeness (QED) is 0.326. The maximum absolute atomic E-state index is 1.87. The molecule has 0 aromatic carbocycles. The molecular weight excluding hydrogens is 516 g/mol. The van der Waals surface area contributed by atoms with Gasteiger partial charge in [0.05, 0.1) is 0 Å². The fourth-order valence-corrected chi connectivity index (χ4v) is 37.4. The molecule has 24 rings (SSSR count). The summed E-state index contributed by atoms with van der Waals surface area (Å²) in [6.45, 7) is 0. The predicted octanol–water partition coefficient (Wildman–Crippen LogP) is 6.36. The Bertz CT molecular complexity index is 2130. The Morgan fingerprint density at radius 1 is 0.372 bits per heavy atom. The van der Waals surface area contributed by atoms with Gasteiger partial charge < -0.3 is 0 Å². The summed E-state index contributed by atoms with van der Waals surface area (Å²) in [7, 11) is 0. The van der Waals surface area contributed by atoms with Crippen LogP contribution >= 0.6 is 0 Å². The molecule has 24 aliphatic rings. The summed E-state index contributed by atoms with van der Waals surface area (Å²) in [5.74, 6) is 26.6. The van der Waals surface area contributed by atoms with E-state index >= 15 is 0 Å². The smallest absolute Gasteiger partial charge is 0.00105 e. The molecular formula is C43H40. The molecule has 0 saturated heterocycles. The van der Waals surface area contributed by atoms with E-state index in [1.807, 2.05) is 6.42 Å². The lowest BCUT2D eigenvalue weighted by Crippen LogP contribution is -3.54. The van der Waals surface area contributed by atoms with E-state index in [4.69, 9.17) is 0 Å². The van der Waals surface area contributed by atoms with Gasteiger partial charge in [-0.25, -0.2) is 0 Å². The van der Waals surface area contributed by atoms with Crippen molar-refractivity contribution in [3.8, 4) is 0 Å². The summed E-state index contributed by atoms with van der Waals surface area (Å²) in [6, 6.07) is 0. The SMILES string of the molecule is C1CCC2C3C4C5C(CC1)C1C6C7C8C9CC%10CCC%11CC%12C%13C%14C9(CC%11%10)C89C%148C%13%10C%12C%11C%12C2C32C43C51C61C79C84C%11%10C%122C314. The normalized spacial score (nSPS) is 114. The van der Waals surface area contributed by atoms with E-state index in [0.717, 1.165) is 70.4 Å². The van der Waals surface area contributed by atoms with Crippen molar-refractivity contribution in [2.45, 2.75) is 64.2 Å². The first-order valence-corrected chi connectivity index (χ1v) is 21.4. The third-order valence-corrected chi connectivity index (χ3v) is 31.1. The van der Waals surface area contributed by atoms with Crippen molar-refractivity contribution in [2.24, 2.45) is 189 Å². The molecule has 0 heteroatoms. The first kappa shape index (κ1) is 17.4. The molecule has 24 saturated carbocycles. The van der Waals surface area contributed by atoms with Gasteiger partial charge in [-0.3, -0.25) is 0 Å². The topological polar surface area (TPSA) is 0 Å². The van der Waals surface area contributed by atoms with Crippen LogP contribution in [0.3, 0.4) is 0 Å². The molecule has 0 heterocycles. The lowest BCUT2D eigenvalue weighted by atomic mass is 8.47. The second kappa shape index (κ2) is 3.22. The minimum atomic E-state index is 1.00. The minimum Gasteiger partial charge on any atom is -0.0533 e. The molecule has 33 unspecified atom stereocenters. The van der Waals surface area contributed by atoms with Crippen molar-refractivity contribution >= 4 is 0 Å². The highest BCUT2D eigenvalue weighted by Gasteiger charge is 3.56. The van der Waals surface area contributed by atoms with E-state index in [9.17, 15) is 0 Å². The van der Waals surface area contributed by atoms with E-state index in [1.165, 1.54) is 118 Å². The zero-order valence-electron chi connectivity index (χ0n) is 25.1. The summed E-state index contributed by atoms with van der Waals surface area (Å²) in [5, 5.41) is 0. The van der Waals surface area contributed by atoms with Crippen LogP contribution in [-0.2, 0) is 0 Å². The van der Waals surface area contributed by atoms with Gasteiger partial charge in [-0.1, -0.05) is 19.3 Å². The Morgan fingerprint density at radius 2 is 0.953 bits per heavy atom. The summed E-state index contributed by atoms with van der Waals surface area (Å²) in [4.78, 5) is 0. The van der Waals surface area contributed by atoms with Gasteiger partial charge in [-0.15, -0.1) is 0 Å². The Hall–Kier alpha value is 0. The van der Waals surface area contributed by atoms with Crippen molar-refractivity contribution in [1.29, 1.82) is 0 Å². The van der Waals surface area contributed by atoms with Crippen molar-refractivity contribution in [3.05, 3.63) is 0 Å². The van der Waals surface area contributed by atoms with Crippen LogP contribution < -0.4 is 0 Å². The predicted molar refractivity (Wildman–Crippen MR) is 148 cm³/mol. The van der Waals surface area contributed by atoms with Crippen molar-refractivity contribution in [1.82, 2.24) is 0 Å². The fraction of sp³-hybridized carbons (Fsp3) is 1.00. The molecule has 0 N–H and O–H groups in total. The van der Waals surface area contributed by atoms with Gasteiger partial charge in [-0.05, 0) is 234 Å². The largest absolute Gasteiger partial charge is 0.0533 e. The molecule has 0 aliphatic heterocycles. The highest BCUT2D eigenvalue weighted by atomic mass is 15.6. The van der Waals surface area contributed by atoms with Gasteiger partial charge in [0.1, 0.15) is 0 Å². The Labute approximate surface area is 252 Å². The third kappa shape index (κ3) is 0.549. The first-order valence-electron chi connectivity index (χ1n) is 21.4. The van der Waals surface area contributed by atoms with Crippen LogP contribution in [0.25, 0.3) is 0 Å². The molecule has 0 radical (unpaired) electrons. The molecule has 13 spiro atoms. The average molecular weight is 557 g/mol. The van der Waals surface area contributed by atoms with Gasteiger partial charge in [0, 0.05) is 0 Å². The summed E-state index contributed by atoms with van der Waals surface area (Å²) in [6.07, 6.45) is 17.3. The highest BCUT2D eigenvalue weighted by molar-refractivity contribution is 6.00. The van der Waals surface area contributed by atoms with Crippen molar-refractivity contribution in [3.63, 3.8) is 0 Å². The van der Waals surface area contributed by atoms with E-state index in [2.05, 4.69) is 0 Å². The van der Waals surface area contributed by atoms with E-state index in [1.54, 1.807) is 57.8 Å². The number of rotatable bonds is 0. The Morgan fingerprint density at radius 3 is 1.70 bits per heavy atom. The van der Waals surface area contributed by atoms with Gasteiger partial charge in [-0.2, -0.15) is 0 Å². The fourth-order valence-electron chi connectivity index (χ4n) is 37.4. The van der Waals surface area contributed by atoms with Crippen LogP contribution in [0.2, 0.25) is 0 Å². The number of hydrogen-bond donors (Lipinski definition) is 0. The van der Waals surface area contributed by atoms with E-state index in [0.29, 0.717) is 0 Å². The monoisotopic (exact) mass is 556 g/mol. The van der Waals surface area contributed by atoms with Crippen LogP contribution in [0.5, 0.6) is 0 Å². The highest BCUT2D eigenvalue weighted by Crippen LogP contribution is 3.57. The van der Waals surface area contributed by atoms with Gasteiger partial charge in [0.2, 0.25) is 0 Å². The second-order valence-corrected chi connectivity index (χ2v) is 25.3. The third-order valence-electron chi connectivity index (χ3n) is 31.1. The lowest BCUT2D eigenvalue weighted by molar-refractivity contribution is -1.11. The Balaban J connectivity index is 0.915. The Kier molecular flexibility index (Phi) is 1.31. The van der Waals surface area contributed by atoms with Crippen LogP contribution in [0.4, 0.5) is 0 Å². The zero-order valence-corrected chi connectivity index (χ0v) is 25.1. The van der Waals surface area contributed by atoms with Crippen LogP contribution in [0.1, 0.15) is 64.2 Å². The maximum atomic E-state index is 1.87. The minimum absolute atomic E-state index is 1.00. The van der Waals surface area contributed by atoms with E-state index in [-0.39, 0.29) is 0 Å². The molecule has 0 aromatic heterocycles. The second-order valence-electron chi connectivity index (χ2n) is 25.3. The standard InChI is InChI=1S/C43H40/c1-2-4-13-18-25-19-14(5-3-1)21-27-29-24-17-9-12-7-6-11-8-15-22-28-26-20(13)32(18)36(25)33(19,21)39(27)40(29)35(24)31(17,10-16(11)12)30-23(15)34(22)38(28)37(26,32)42(36,39)43(38,40)41(30,34)35/h11-30H,1-10H2. The van der Waals surface area contributed by atoms with E-state index < -0.39 is 0 Å². The summed E-state index contributed by atoms with van der Waals surface area (Å²) >= 11 is 0. The molecule has 2 bridgehead atoms. The number of fused-ring (bicyclic) bond motifs is 10. The molecule has 43 heavy (non-hydrogen) atoms. The number of hydrogen-bond acceptors (Lipinski definition) is 0. The molecule has 33 atom stereocenters.